The van der Waals surface area contributed by atoms with E-state index in [-0.39, 0.29) is 24.4 Å². The molecule has 32 heavy (non-hydrogen) atoms. The molecule has 0 fully saturated rings. The molecule has 0 aliphatic heterocycles. The average molecular weight is 488 g/mol. The fourth-order valence-corrected chi connectivity index (χ4v) is 5.18. The second-order valence-corrected chi connectivity index (χ2v) is 9.62. The van der Waals surface area contributed by atoms with Gasteiger partial charge in [-0.25, -0.2) is 9.97 Å². The number of allylic oxidation sites excluding steroid dienone is 1. The van der Waals surface area contributed by atoms with Gasteiger partial charge in [0, 0.05) is 29.8 Å². The molecule has 4 aromatic rings. The summed E-state index contributed by atoms with van der Waals surface area (Å²) in [5.74, 6) is 0.532. The minimum absolute atomic E-state index is 0.117. The van der Waals surface area contributed by atoms with E-state index in [1.807, 2.05) is 23.8 Å². The third-order valence-electron chi connectivity index (χ3n) is 5.02. The van der Waals surface area contributed by atoms with E-state index < -0.39 is 0 Å². The van der Waals surface area contributed by atoms with Crippen LogP contribution in [-0.4, -0.2) is 35.2 Å². The monoisotopic (exact) mass is 487 g/mol. The molecule has 0 atom stereocenters. The van der Waals surface area contributed by atoms with E-state index >= 15 is 0 Å². The molecule has 4 rings (SSSR count). The Bertz CT molecular complexity index is 1420. The molecule has 0 radical (unpaired) electrons. The third-order valence-corrected chi connectivity index (χ3v) is 7.26. The Kier molecular flexibility index (Phi) is 6.44. The number of aromatic amines is 1. The third kappa shape index (κ3) is 4.47. The topological polar surface area (TPSA) is 110 Å². The molecule has 0 unspecified atom stereocenters. The molecule has 12 heteroatoms. The lowest BCUT2D eigenvalue weighted by Crippen LogP contribution is -2.23. The fraction of sp³-hybridized carbons (Fsp3) is 0.300. The molecular weight excluding hydrogens is 466 g/mol. The van der Waals surface area contributed by atoms with Crippen molar-refractivity contribution >= 4 is 56.1 Å². The zero-order valence-electron chi connectivity index (χ0n) is 17.5. The summed E-state index contributed by atoms with van der Waals surface area (Å²) >= 11 is 8.07. The number of thiazole rings is 1. The van der Waals surface area contributed by atoms with Gasteiger partial charge in [-0.05, 0) is 31.6 Å². The first-order valence-corrected chi connectivity index (χ1v) is 11.9. The molecule has 4 heterocycles. The molecular formula is C20H21N7O2S3. The fourth-order valence-electron chi connectivity index (χ4n) is 3.24. The largest absolute Gasteiger partial charge is 0.302 e. The highest BCUT2D eigenvalue weighted by atomic mass is 32.1. The molecule has 0 spiro atoms. The van der Waals surface area contributed by atoms with Gasteiger partial charge in [-0.1, -0.05) is 6.08 Å². The van der Waals surface area contributed by atoms with Crippen molar-refractivity contribution in [2.75, 3.05) is 5.32 Å². The summed E-state index contributed by atoms with van der Waals surface area (Å²) in [7, 11) is 0. The predicted molar refractivity (Wildman–Crippen MR) is 129 cm³/mol. The van der Waals surface area contributed by atoms with Gasteiger partial charge in [0.05, 0.1) is 23.8 Å². The molecule has 4 aromatic heterocycles. The van der Waals surface area contributed by atoms with Crippen molar-refractivity contribution in [3.63, 3.8) is 0 Å². The van der Waals surface area contributed by atoms with Crippen LogP contribution in [-0.2, 0) is 24.3 Å². The van der Waals surface area contributed by atoms with Crippen LogP contribution in [0.25, 0.3) is 10.2 Å². The van der Waals surface area contributed by atoms with E-state index in [1.54, 1.807) is 6.08 Å². The van der Waals surface area contributed by atoms with Gasteiger partial charge in [-0.2, -0.15) is 5.10 Å². The summed E-state index contributed by atoms with van der Waals surface area (Å²) in [5, 5.41) is 12.8. The number of amides is 1. The average Bonchev–Trinajstić information content (AvgIpc) is 3.42. The van der Waals surface area contributed by atoms with E-state index in [2.05, 4.69) is 32.1 Å². The molecule has 0 aliphatic rings. The van der Waals surface area contributed by atoms with Gasteiger partial charge in [-0.3, -0.25) is 23.8 Å². The number of anilines is 1. The number of fused-ring (bicyclic) bond motifs is 1. The van der Waals surface area contributed by atoms with Crippen LogP contribution < -0.4 is 10.9 Å². The van der Waals surface area contributed by atoms with Gasteiger partial charge >= 0.3 is 0 Å². The number of nitrogens with zero attached hydrogens (tertiary/aromatic N) is 5. The number of aryl methyl sites for hydroxylation is 3. The SMILES string of the molecule is C=CCn1c(Cc2csc(NC(=O)CCn3cnc4sc(C)c(C)c4c3=O)n2)n[nH]c1=S. The lowest BCUT2D eigenvalue weighted by molar-refractivity contribution is -0.116. The van der Waals surface area contributed by atoms with Crippen LogP contribution in [0, 0.1) is 18.6 Å². The summed E-state index contributed by atoms with van der Waals surface area (Å²) in [5.41, 5.74) is 1.61. The Balaban J connectivity index is 1.39. The van der Waals surface area contributed by atoms with Crippen LogP contribution in [0.1, 0.15) is 28.4 Å². The molecule has 0 aromatic carbocycles. The number of carbonyl (C=O) groups excluding carboxylic acids is 1. The van der Waals surface area contributed by atoms with Crippen LogP contribution in [0.2, 0.25) is 0 Å². The van der Waals surface area contributed by atoms with Crippen LogP contribution in [0.3, 0.4) is 0 Å². The number of H-pyrrole nitrogens is 1. The first-order chi connectivity index (χ1) is 15.4. The van der Waals surface area contributed by atoms with Crippen molar-refractivity contribution in [2.24, 2.45) is 0 Å². The lowest BCUT2D eigenvalue weighted by atomic mass is 10.2. The van der Waals surface area contributed by atoms with Crippen LogP contribution >= 0.6 is 34.9 Å². The second-order valence-electron chi connectivity index (χ2n) is 7.17. The van der Waals surface area contributed by atoms with Gasteiger partial charge < -0.3 is 5.32 Å². The number of thiophene rings is 1. The minimum Gasteiger partial charge on any atom is -0.302 e. The van der Waals surface area contributed by atoms with E-state index in [1.165, 1.54) is 33.6 Å². The summed E-state index contributed by atoms with van der Waals surface area (Å²) in [6, 6.07) is 0. The second kappa shape index (κ2) is 9.27. The molecule has 166 valence electrons. The Labute approximate surface area is 196 Å². The van der Waals surface area contributed by atoms with E-state index in [0.29, 0.717) is 28.3 Å². The molecule has 1 amide bonds. The summed E-state index contributed by atoms with van der Waals surface area (Å²) in [4.78, 5) is 35.8. The van der Waals surface area contributed by atoms with E-state index in [0.717, 1.165) is 26.8 Å². The van der Waals surface area contributed by atoms with Gasteiger partial charge in [0.1, 0.15) is 10.7 Å². The Morgan fingerprint density at radius 3 is 3.00 bits per heavy atom. The molecule has 0 bridgehead atoms. The Morgan fingerprint density at radius 1 is 1.41 bits per heavy atom. The highest BCUT2D eigenvalue weighted by Crippen LogP contribution is 2.25. The summed E-state index contributed by atoms with van der Waals surface area (Å²) in [6.07, 6.45) is 3.88. The predicted octanol–water partition coefficient (Wildman–Crippen LogP) is 3.59. The lowest BCUT2D eigenvalue weighted by Gasteiger charge is -2.05. The van der Waals surface area contributed by atoms with Gasteiger partial charge in [0.15, 0.2) is 9.90 Å². The molecule has 0 aliphatic carbocycles. The van der Waals surface area contributed by atoms with E-state index in [9.17, 15) is 9.59 Å². The smallest absolute Gasteiger partial charge is 0.262 e. The van der Waals surface area contributed by atoms with Crippen molar-refractivity contribution in [3.8, 4) is 0 Å². The van der Waals surface area contributed by atoms with Crippen LogP contribution in [0.4, 0.5) is 5.13 Å². The molecule has 0 saturated carbocycles. The molecule has 9 nitrogen and oxygen atoms in total. The highest BCUT2D eigenvalue weighted by Gasteiger charge is 2.14. The van der Waals surface area contributed by atoms with Crippen LogP contribution in [0.5, 0.6) is 0 Å². The van der Waals surface area contributed by atoms with Crippen molar-refractivity contribution in [1.82, 2.24) is 29.3 Å². The number of rotatable bonds is 8. The van der Waals surface area contributed by atoms with Crippen molar-refractivity contribution in [2.45, 2.75) is 39.8 Å². The van der Waals surface area contributed by atoms with Gasteiger partial charge in [0.2, 0.25) is 5.91 Å². The summed E-state index contributed by atoms with van der Waals surface area (Å²) < 4.78 is 3.86. The number of nitrogens with one attached hydrogen (secondary N) is 2. The zero-order chi connectivity index (χ0) is 22.8. The highest BCUT2D eigenvalue weighted by molar-refractivity contribution is 7.71. The van der Waals surface area contributed by atoms with Crippen molar-refractivity contribution < 1.29 is 4.79 Å². The quantitative estimate of drug-likeness (QED) is 0.290. The maximum Gasteiger partial charge on any atom is 0.262 e. The van der Waals surface area contributed by atoms with Crippen LogP contribution in [0.15, 0.2) is 29.2 Å². The van der Waals surface area contributed by atoms with Gasteiger partial charge in [0.25, 0.3) is 5.56 Å². The molecule has 2 N–H and O–H groups in total. The van der Waals surface area contributed by atoms with Gasteiger partial charge in [-0.15, -0.1) is 29.3 Å². The minimum atomic E-state index is -0.217. The Hall–Kier alpha value is -2.96. The maximum absolute atomic E-state index is 12.7. The zero-order valence-corrected chi connectivity index (χ0v) is 20.0. The first kappa shape index (κ1) is 22.2. The Morgan fingerprint density at radius 2 is 2.22 bits per heavy atom. The van der Waals surface area contributed by atoms with E-state index in [4.69, 9.17) is 12.2 Å². The van der Waals surface area contributed by atoms with Crippen molar-refractivity contribution in [3.05, 3.63) is 61.4 Å². The number of hydrogen-bond donors (Lipinski definition) is 2. The number of hydrogen-bond acceptors (Lipinski definition) is 8. The van der Waals surface area contributed by atoms with Crippen molar-refractivity contribution in [1.29, 1.82) is 0 Å². The standard InChI is InChI=1S/C20H21N7O2S3/c1-4-6-27-14(24-25-20(27)30)8-13-9-31-19(22-13)23-15(28)5-7-26-10-21-17-16(18(26)29)11(2)12(3)32-17/h4,9-10H,1,5-8H2,2-3H3,(H,25,30)(H,22,23,28). The number of carbonyl (C=O) groups is 1. The maximum atomic E-state index is 12.7. The molecule has 0 saturated heterocycles. The normalized spacial score (nSPS) is 11.2. The number of aromatic nitrogens is 6. The first-order valence-electron chi connectivity index (χ1n) is 9.81. The summed E-state index contributed by atoms with van der Waals surface area (Å²) in [6.45, 7) is 8.43.